The number of hydrogen-bond acceptors (Lipinski definition) is 6. The number of likely N-dealkylation sites (tertiary alicyclic amines) is 1. The molecular weight excluding hydrogens is 483 g/mol. The number of piperidine rings is 1. The van der Waals surface area contributed by atoms with Gasteiger partial charge in [0.15, 0.2) is 0 Å². The number of thiophene rings is 1. The van der Waals surface area contributed by atoms with Gasteiger partial charge < -0.3 is 4.90 Å². The summed E-state index contributed by atoms with van der Waals surface area (Å²) in [6, 6.07) is 16.9. The Morgan fingerprint density at radius 2 is 2.03 bits per heavy atom. The molecule has 1 spiro atoms. The van der Waals surface area contributed by atoms with Crippen LogP contribution in [0.2, 0.25) is 0 Å². The molecule has 3 aliphatic rings. The molecule has 3 heterocycles. The maximum absolute atomic E-state index is 13.4. The Kier molecular flexibility index (Phi) is 5.43. The van der Waals surface area contributed by atoms with E-state index in [0.29, 0.717) is 17.4 Å². The molecule has 0 radical (unpaired) electrons. The van der Waals surface area contributed by atoms with Crippen LogP contribution in [0.1, 0.15) is 23.3 Å². The van der Waals surface area contributed by atoms with Crippen LogP contribution < -0.4 is 9.62 Å². The van der Waals surface area contributed by atoms with E-state index in [0.717, 1.165) is 36.1 Å². The van der Waals surface area contributed by atoms with Crippen LogP contribution in [0.3, 0.4) is 0 Å². The van der Waals surface area contributed by atoms with Gasteiger partial charge in [-0.25, -0.2) is 13.4 Å². The molecule has 4 atom stereocenters. The van der Waals surface area contributed by atoms with Crippen molar-refractivity contribution in [3.63, 3.8) is 0 Å². The molecular formula is C26H29FN4O2S2. The number of fused-ring (bicyclic) bond motifs is 1. The highest BCUT2D eigenvalue weighted by atomic mass is 32.2. The number of anilines is 2. The van der Waals surface area contributed by atoms with Crippen molar-refractivity contribution in [2.24, 2.45) is 17.3 Å². The molecule has 6 nitrogen and oxygen atoms in total. The van der Waals surface area contributed by atoms with Crippen molar-refractivity contribution in [2.45, 2.75) is 36.6 Å². The minimum atomic E-state index is -3.85. The number of nitrogens with one attached hydrogen (secondary N) is 1. The van der Waals surface area contributed by atoms with E-state index in [2.05, 4.69) is 56.9 Å². The summed E-state index contributed by atoms with van der Waals surface area (Å²) in [6.45, 7) is 5.13. The zero-order chi connectivity index (χ0) is 24.4. The lowest BCUT2D eigenvalue weighted by molar-refractivity contribution is 0.107. The van der Waals surface area contributed by atoms with Crippen molar-refractivity contribution in [3.05, 3.63) is 71.0 Å². The van der Waals surface area contributed by atoms with E-state index in [1.807, 2.05) is 6.92 Å². The maximum atomic E-state index is 13.4. The van der Waals surface area contributed by atoms with Crippen LogP contribution in [0.5, 0.6) is 0 Å². The number of aromatic nitrogens is 1. The molecule has 1 N–H and O–H groups in total. The summed E-state index contributed by atoms with van der Waals surface area (Å²) in [5.41, 5.74) is 2.63. The van der Waals surface area contributed by atoms with E-state index in [1.165, 1.54) is 47.9 Å². The summed E-state index contributed by atoms with van der Waals surface area (Å²) in [5, 5.41) is 0. The van der Waals surface area contributed by atoms with Gasteiger partial charge in [0.2, 0.25) is 5.95 Å². The first-order chi connectivity index (χ1) is 16.7. The second-order valence-electron chi connectivity index (χ2n) is 10.3. The topological polar surface area (TPSA) is 65.5 Å². The van der Waals surface area contributed by atoms with E-state index >= 15 is 0 Å². The second-order valence-corrected chi connectivity index (χ2v) is 13.5. The maximum Gasteiger partial charge on any atom is 0.272 e. The Labute approximate surface area is 209 Å². The monoisotopic (exact) mass is 512 g/mol. The average Bonchev–Trinajstić information content (AvgIpc) is 3.20. The normalized spacial score (nSPS) is 27.5. The van der Waals surface area contributed by atoms with Crippen molar-refractivity contribution in [1.82, 2.24) is 9.88 Å². The summed E-state index contributed by atoms with van der Waals surface area (Å²) in [4.78, 5) is 9.57. The molecule has 184 valence electrons. The Morgan fingerprint density at radius 3 is 2.77 bits per heavy atom. The summed E-state index contributed by atoms with van der Waals surface area (Å²) in [6.07, 6.45) is 2.51. The Bertz CT molecular complexity index is 1360. The molecule has 3 fully saturated rings. The Morgan fingerprint density at radius 1 is 1.23 bits per heavy atom. The average molecular weight is 513 g/mol. The third-order valence-electron chi connectivity index (χ3n) is 8.05. The van der Waals surface area contributed by atoms with Crippen LogP contribution >= 0.6 is 11.3 Å². The number of aryl methyl sites for hydroxylation is 1. The van der Waals surface area contributed by atoms with Crippen molar-refractivity contribution >= 4 is 32.9 Å². The number of halogens is 1. The first-order valence-electron chi connectivity index (χ1n) is 12.0. The Hall–Kier alpha value is -2.49. The standard InChI is InChI=1S/C26H29FN4O2S2/c1-17-21(12-24(34-17)35(32,33)29-23-10-6-9-22(27)28-23)30(2)25-19-11-20-13-26(20,25)16-31(15-19)14-18-7-4-3-5-8-18/h3-10,12,19-20,25H,11,13-16H2,1-2H3,(H,28,29)/t19?,20?,25?,26-/m1/s1. The molecule has 6 rings (SSSR count). The van der Waals surface area contributed by atoms with Gasteiger partial charge in [-0.3, -0.25) is 9.62 Å². The summed E-state index contributed by atoms with van der Waals surface area (Å²) in [5.74, 6) is 0.601. The fourth-order valence-electron chi connectivity index (χ4n) is 6.71. The van der Waals surface area contributed by atoms with Gasteiger partial charge >= 0.3 is 0 Å². The minimum Gasteiger partial charge on any atom is -0.370 e. The Balaban J connectivity index is 1.22. The van der Waals surface area contributed by atoms with Crippen LogP contribution in [-0.2, 0) is 16.6 Å². The van der Waals surface area contributed by atoms with Crippen LogP contribution in [-0.4, -0.2) is 44.5 Å². The fourth-order valence-corrected chi connectivity index (χ4v) is 9.19. The van der Waals surface area contributed by atoms with E-state index < -0.39 is 16.0 Å². The predicted molar refractivity (Wildman–Crippen MR) is 137 cm³/mol. The van der Waals surface area contributed by atoms with Gasteiger partial charge in [-0.05, 0) is 55.4 Å². The van der Waals surface area contributed by atoms with E-state index in [1.54, 1.807) is 6.07 Å². The first-order valence-corrected chi connectivity index (χ1v) is 14.3. The minimum absolute atomic E-state index is 0.0190. The number of sulfonamides is 1. The molecule has 3 unspecified atom stereocenters. The predicted octanol–water partition coefficient (Wildman–Crippen LogP) is 4.74. The van der Waals surface area contributed by atoms with Gasteiger partial charge in [-0.1, -0.05) is 36.4 Å². The van der Waals surface area contributed by atoms with Gasteiger partial charge in [0.05, 0.1) is 5.69 Å². The molecule has 1 aromatic carbocycles. The lowest BCUT2D eigenvalue weighted by atomic mass is 9.84. The lowest BCUT2D eigenvalue weighted by Crippen LogP contribution is -2.54. The quantitative estimate of drug-likeness (QED) is 0.464. The smallest absolute Gasteiger partial charge is 0.272 e. The van der Waals surface area contributed by atoms with Gasteiger partial charge in [-0.2, -0.15) is 4.39 Å². The summed E-state index contributed by atoms with van der Waals surface area (Å²) >= 11 is 1.25. The summed E-state index contributed by atoms with van der Waals surface area (Å²) < 4.78 is 42.1. The number of pyridine rings is 1. The highest BCUT2D eigenvalue weighted by molar-refractivity contribution is 7.94. The fraction of sp³-hybridized carbons (Fsp3) is 0.423. The van der Waals surface area contributed by atoms with E-state index in [9.17, 15) is 12.8 Å². The van der Waals surface area contributed by atoms with Gasteiger partial charge in [0.25, 0.3) is 10.0 Å². The van der Waals surface area contributed by atoms with Gasteiger partial charge in [-0.15, -0.1) is 11.3 Å². The molecule has 2 aromatic heterocycles. The van der Waals surface area contributed by atoms with Crippen molar-refractivity contribution < 1.29 is 12.8 Å². The van der Waals surface area contributed by atoms with Gasteiger partial charge in [0.1, 0.15) is 10.0 Å². The molecule has 3 aromatic rings. The molecule has 1 saturated heterocycles. The number of nitrogens with zero attached hydrogens (tertiary/aromatic N) is 3. The lowest BCUT2D eigenvalue weighted by Gasteiger charge is -2.46. The van der Waals surface area contributed by atoms with Gasteiger partial charge in [0, 0.05) is 43.0 Å². The largest absolute Gasteiger partial charge is 0.370 e. The number of benzene rings is 1. The van der Waals surface area contributed by atoms with Crippen molar-refractivity contribution in [2.75, 3.05) is 29.8 Å². The SMILES string of the molecule is Cc1sc(S(=O)(=O)Nc2cccc(F)n2)cc1N(C)C1C2CC3C[C@@]31CN(Cc1ccccc1)C2. The molecule has 35 heavy (non-hydrogen) atoms. The second kappa shape index (κ2) is 8.28. The van der Waals surface area contributed by atoms with Crippen LogP contribution in [0.4, 0.5) is 15.9 Å². The third kappa shape index (κ3) is 4.03. The molecule has 2 saturated carbocycles. The van der Waals surface area contributed by atoms with Crippen LogP contribution in [0.15, 0.2) is 58.8 Å². The molecule has 0 amide bonds. The highest BCUT2D eigenvalue weighted by Crippen LogP contribution is 2.69. The third-order valence-corrected chi connectivity index (χ3v) is 10.9. The van der Waals surface area contributed by atoms with Crippen LogP contribution in [0, 0.1) is 30.1 Å². The van der Waals surface area contributed by atoms with Crippen molar-refractivity contribution in [1.29, 1.82) is 0 Å². The highest BCUT2D eigenvalue weighted by Gasteiger charge is 2.69. The summed E-state index contributed by atoms with van der Waals surface area (Å²) in [7, 11) is -1.73. The molecule has 9 heteroatoms. The first kappa shape index (κ1) is 22.9. The van der Waals surface area contributed by atoms with Crippen molar-refractivity contribution in [3.8, 4) is 0 Å². The molecule has 2 bridgehead atoms. The zero-order valence-electron chi connectivity index (χ0n) is 19.8. The number of rotatable bonds is 7. The molecule has 2 aliphatic carbocycles. The zero-order valence-corrected chi connectivity index (χ0v) is 21.4. The van der Waals surface area contributed by atoms with Crippen LogP contribution in [0.25, 0.3) is 0 Å². The van der Waals surface area contributed by atoms with E-state index in [4.69, 9.17) is 0 Å². The van der Waals surface area contributed by atoms with E-state index in [-0.39, 0.29) is 10.0 Å². The number of hydrogen-bond donors (Lipinski definition) is 1. The molecule has 1 aliphatic heterocycles.